The van der Waals surface area contributed by atoms with Gasteiger partial charge in [-0.25, -0.2) is 5.43 Å². The van der Waals surface area contributed by atoms with E-state index in [0.717, 1.165) is 10.0 Å². The van der Waals surface area contributed by atoms with Crippen LogP contribution in [0.4, 0.5) is 0 Å². The van der Waals surface area contributed by atoms with Gasteiger partial charge in [0.15, 0.2) is 0 Å². The summed E-state index contributed by atoms with van der Waals surface area (Å²) in [6, 6.07) is 7.21. The first-order chi connectivity index (χ1) is 10.0. The first kappa shape index (κ1) is 15.3. The fraction of sp³-hybridized carbons (Fsp3) is 0.200. The first-order valence-corrected chi connectivity index (χ1v) is 7.04. The number of carbonyl (C=O) groups is 1. The minimum atomic E-state index is -0.311. The zero-order valence-electron chi connectivity index (χ0n) is 11.9. The molecule has 21 heavy (non-hydrogen) atoms. The number of furan rings is 1. The van der Waals surface area contributed by atoms with Crippen LogP contribution in [0.5, 0.6) is 5.75 Å². The number of amides is 1. The van der Waals surface area contributed by atoms with Crippen molar-refractivity contribution in [2.24, 2.45) is 5.10 Å². The quantitative estimate of drug-likeness (QED) is 0.678. The zero-order valence-corrected chi connectivity index (χ0v) is 13.5. The van der Waals surface area contributed by atoms with Gasteiger partial charge in [-0.3, -0.25) is 4.79 Å². The summed E-state index contributed by atoms with van der Waals surface area (Å²) in [5.41, 5.74) is 3.71. The molecule has 0 aliphatic carbocycles. The van der Waals surface area contributed by atoms with Crippen molar-refractivity contribution < 1.29 is 13.9 Å². The van der Waals surface area contributed by atoms with Crippen LogP contribution in [0.15, 0.2) is 38.3 Å². The molecule has 5 nitrogen and oxygen atoms in total. The van der Waals surface area contributed by atoms with Crippen LogP contribution in [0.25, 0.3) is 0 Å². The standard InChI is InChI=1S/C15H15BrN2O3/c1-9-6-13(10(2)21-9)15(19)18-17-8-11-7-12(16)4-5-14(11)20-3/h4-8H,1-3H3,(H,18,19)/b17-8-. The Kier molecular flexibility index (Phi) is 4.80. The number of aryl methyl sites for hydroxylation is 2. The van der Waals surface area contributed by atoms with E-state index >= 15 is 0 Å². The van der Waals surface area contributed by atoms with E-state index in [9.17, 15) is 4.79 Å². The van der Waals surface area contributed by atoms with Crippen LogP contribution in [0.3, 0.4) is 0 Å². The van der Waals surface area contributed by atoms with Gasteiger partial charge in [-0.05, 0) is 38.1 Å². The molecule has 1 heterocycles. The minimum Gasteiger partial charge on any atom is -0.496 e. The normalized spacial score (nSPS) is 10.9. The number of rotatable bonds is 4. The predicted molar refractivity (Wildman–Crippen MR) is 83.9 cm³/mol. The largest absolute Gasteiger partial charge is 0.496 e. The Hall–Kier alpha value is -2.08. The molecule has 0 radical (unpaired) electrons. The number of nitrogens with one attached hydrogen (secondary N) is 1. The highest BCUT2D eigenvalue weighted by Crippen LogP contribution is 2.21. The number of ether oxygens (including phenoxy) is 1. The lowest BCUT2D eigenvalue weighted by atomic mass is 10.2. The van der Waals surface area contributed by atoms with Gasteiger partial charge >= 0.3 is 0 Å². The maximum Gasteiger partial charge on any atom is 0.274 e. The summed E-state index contributed by atoms with van der Waals surface area (Å²) in [5, 5.41) is 3.95. The van der Waals surface area contributed by atoms with Gasteiger partial charge in [-0.1, -0.05) is 15.9 Å². The highest BCUT2D eigenvalue weighted by molar-refractivity contribution is 9.10. The molecule has 1 aromatic carbocycles. The van der Waals surface area contributed by atoms with Crippen LogP contribution >= 0.6 is 15.9 Å². The van der Waals surface area contributed by atoms with E-state index in [4.69, 9.17) is 9.15 Å². The molecule has 0 saturated carbocycles. The lowest BCUT2D eigenvalue weighted by molar-refractivity contribution is 0.0953. The van der Waals surface area contributed by atoms with Crippen molar-refractivity contribution in [2.75, 3.05) is 7.11 Å². The van der Waals surface area contributed by atoms with E-state index in [1.54, 1.807) is 27.0 Å². The Morgan fingerprint density at radius 1 is 1.38 bits per heavy atom. The molecule has 0 aliphatic heterocycles. The molecular weight excluding hydrogens is 336 g/mol. The molecule has 6 heteroatoms. The average molecular weight is 351 g/mol. The van der Waals surface area contributed by atoms with Crippen LogP contribution in [0, 0.1) is 13.8 Å². The molecular formula is C15H15BrN2O3. The number of carbonyl (C=O) groups excluding carboxylic acids is 1. The number of hydrazone groups is 1. The maximum absolute atomic E-state index is 12.0. The van der Waals surface area contributed by atoms with Gasteiger partial charge in [-0.2, -0.15) is 5.10 Å². The predicted octanol–water partition coefficient (Wildman–Crippen LogP) is 3.43. The van der Waals surface area contributed by atoms with E-state index in [2.05, 4.69) is 26.5 Å². The molecule has 1 amide bonds. The van der Waals surface area contributed by atoms with Crippen molar-refractivity contribution in [3.8, 4) is 5.75 Å². The van der Waals surface area contributed by atoms with Crippen LogP contribution in [0.1, 0.15) is 27.4 Å². The Labute approximate surface area is 131 Å². The SMILES string of the molecule is COc1ccc(Br)cc1/C=N\NC(=O)c1cc(C)oc1C. The third-order valence-corrected chi connectivity index (χ3v) is 3.34. The van der Waals surface area contributed by atoms with Crippen molar-refractivity contribution in [3.05, 3.63) is 51.4 Å². The van der Waals surface area contributed by atoms with Crippen LogP contribution in [-0.2, 0) is 0 Å². The number of halogens is 1. The van der Waals surface area contributed by atoms with Gasteiger partial charge in [-0.15, -0.1) is 0 Å². The molecule has 0 aliphatic rings. The van der Waals surface area contributed by atoms with Gasteiger partial charge in [0, 0.05) is 10.0 Å². The van der Waals surface area contributed by atoms with Crippen molar-refractivity contribution in [3.63, 3.8) is 0 Å². The molecule has 2 rings (SSSR count). The third kappa shape index (κ3) is 3.72. The van der Waals surface area contributed by atoms with E-state index in [0.29, 0.717) is 22.8 Å². The van der Waals surface area contributed by atoms with Gasteiger partial charge in [0.1, 0.15) is 17.3 Å². The molecule has 1 aromatic heterocycles. The van der Waals surface area contributed by atoms with E-state index in [1.807, 2.05) is 18.2 Å². The first-order valence-electron chi connectivity index (χ1n) is 6.25. The summed E-state index contributed by atoms with van der Waals surface area (Å²) in [7, 11) is 1.58. The minimum absolute atomic E-state index is 0.311. The summed E-state index contributed by atoms with van der Waals surface area (Å²) in [5.74, 6) is 1.62. The zero-order chi connectivity index (χ0) is 15.4. The smallest absolute Gasteiger partial charge is 0.274 e. The highest BCUT2D eigenvalue weighted by Gasteiger charge is 2.12. The van der Waals surface area contributed by atoms with Gasteiger partial charge in [0.25, 0.3) is 5.91 Å². The number of methoxy groups -OCH3 is 1. The molecule has 0 unspecified atom stereocenters. The van der Waals surface area contributed by atoms with E-state index in [1.165, 1.54) is 6.21 Å². The monoisotopic (exact) mass is 350 g/mol. The Morgan fingerprint density at radius 3 is 2.76 bits per heavy atom. The Bertz CT molecular complexity index is 692. The lowest BCUT2D eigenvalue weighted by Gasteiger charge is -2.04. The number of hydrogen-bond acceptors (Lipinski definition) is 4. The van der Waals surface area contributed by atoms with Crippen molar-refractivity contribution in [1.29, 1.82) is 0 Å². The molecule has 1 N–H and O–H groups in total. The van der Waals surface area contributed by atoms with Crippen LogP contribution < -0.4 is 10.2 Å². The topological polar surface area (TPSA) is 63.8 Å². The second-order valence-electron chi connectivity index (χ2n) is 4.41. The lowest BCUT2D eigenvalue weighted by Crippen LogP contribution is -2.17. The fourth-order valence-corrected chi connectivity index (χ4v) is 2.26. The summed E-state index contributed by atoms with van der Waals surface area (Å²) >= 11 is 3.38. The summed E-state index contributed by atoms with van der Waals surface area (Å²) < 4.78 is 11.4. The van der Waals surface area contributed by atoms with Crippen molar-refractivity contribution >= 4 is 28.1 Å². The molecule has 110 valence electrons. The molecule has 0 atom stereocenters. The van der Waals surface area contributed by atoms with Crippen molar-refractivity contribution in [2.45, 2.75) is 13.8 Å². The van der Waals surface area contributed by atoms with Crippen LogP contribution in [-0.4, -0.2) is 19.2 Å². The fourth-order valence-electron chi connectivity index (χ4n) is 1.88. The third-order valence-electron chi connectivity index (χ3n) is 2.85. The summed E-state index contributed by atoms with van der Waals surface area (Å²) in [6.07, 6.45) is 1.53. The molecule has 0 fully saturated rings. The molecule has 0 spiro atoms. The van der Waals surface area contributed by atoms with E-state index < -0.39 is 0 Å². The van der Waals surface area contributed by atoms with Crippen molar-refractivity contribution in [1.82, 2.24) is 5.43 Å². The molecule has 0 bridgehead atoms. The second kappa shape index (κ2) is 6.58. The summed E-state index contributed by atoms with van der Waals surface area (Å²) in [4.78, 5) is 12.0. The van der Waals surface area contributed by atoms with Gasteiger partial charge in [0.2, 0.25) is 0 Å². The summed E-state index contributed by atoms with van der Waals surface area (Å²) in [6.45, 7) is 3.53. The molecule has 2 aromatic rings. The number of nitrogens with zero attached hydrogens (tertiary/aromatic N) is 1. The number of hydrogen-bond donors (Lipinski definition) is 1. The second-order valence-corrected chi connectivity index (χ2v) is 5.33. The number of benzene rings is 1. The van der Waals surface area contributed by atoms with E-state index in [-0.39, 0.29) is 5.91 Å². The maximum atomic E-state index is 12.0. The Balaban J connectivity index is 2.11. The van der Waals surface area contributed by atoms with Gasteiger partial charge in [0.05, 0.1) is 18.9 Å². The van der Waals surface area contributed by atoms with Gasteiger partial charge < -0.3 is 9.15 Å². The molecule has 0 saturated heterocycles. The van der Waals surface area contributed by atoms with Crippen LogP contribution in [0.2, 0.25) is 0 Å². The Morgan fingerprint density at radius 2 is 2.14 bits per heavy atom. The highest BCUT2D eigenvalue weighted by atomic mass is 79.9. The average Bonchev–Trinajstić information content (AvgIpc) is 2.78.